The zero-order valence-corrected chi connectivity index (χ0v) is 12.5. The van der Waals surface area contributed by atoms with E-state index >= 15 is 0 Å². The summed E-state index contributed by atoms with van der Waals surface area (Å²) in [6, 6.07) is 7.20. The van der Waals surface area contributed by atoms with Crippen molar-refractivity contribution in [3.8, 4) is 0 Å². The predicted molar refractivity (Wildman–Crippen MR) is 74.7 cm³/mol. The molecule has 1 aromatic carbocycles. The lowest BCUT2D eigenvalue weighted by atomic mass is 10.00. The van der Waals surface area contributed by atoms with Gasteiger partial charge in [0.15, 0.2) is 5.78 Å². The topological polar surface area (TPSA) is 60.4 Å². The fraction of sp³-hybridized carbons (Fsp3) is 0.500. The van der Waals surface area contributed by atoms with Crippen molar-refractivity contribution < 1.29 is 17.4 Å². The van der Waals surface area contributed by atoms with Gasteiger partial charge in [-0.2, -0.15) is 8.42 Å². The Balaban J connectivity index is 2.78. The van der Waals surface area contributed by atoms with Gasteiger partial charge in [0.05, 0.1) is 6.26 Å². The van der Waals surface area contributed by atoms with Gasteiger partial charge in [-0.05, 0) is 24.8 Å². The molecule has 0 aliphatic rings. The van der Waals surface area contributed by atoms with Gasteiger partial charge < -0.3 is 0 Å². The van der Waals surface area contributed by atoms with Crippen LogP contribution in [0.3, 0.4) is 0 Å². The van der Waals surface area contributed by atoms with Crippen LogP contribution in [0.15, 0.2) is 24.3 Å². The number of carbonyl (C=O) groups excluding carboxylic acids is 1. The Hall–Kier alpha value is -1.20. The van der Waals surface area contributed by atoms with E-state index in [-0.39, 0.29) is 5.78 Å². The van der Waals surface area contributed by atoms with Crippen molar-refractivity contribution in [2.45, 2.75) is 33.3 Å². The first-order valence-electron chi connectivity index (χ1n) is 6.20. The smallest absolute Gasteiger partial charge is 0.265 e. The number of rotatable bonds is 6. The molecule has 106 valence electrons. The van der Waals surface area contributed by atoms with Crippen LogP contribution in [0.1, 0.15) is 36.7 Å². The molecule has 1 rings (SSSR count). The van der Waals surface area contributed by atoms with Gasteiger partial charge in [-0.25, -0.2) is 0 Å². The normalized spacial score (nSPS) is 13.5. The molecular weight excluding hydrogens is 264 g/mol. The molecule has 5 heteroatoms. The van der Waals surface area contributed by atoms with Gasteiger partial charge in [-0.3, -0.25) is 8.98 Å². The zero-order chi connectivity index (χ0) is 14.6. The Morgan fingerprint density at radius 3 is 2.11 bits per heavy atom. The molecule has 19 heavy (non-hydrogen) atoms. The van der Waals surface area contributed by atoms with Crippen LogP contribution in [0.4, 0.5) is 0 Å². The van der Waals surface area contributed by atoms with Gasteiger partial charge in [0.2, 0.25) is 0 Å². The summed E-state index contributed by atoms with van der Waals surface area (Å²) in [6.45, 7) is 5.69. The molecule has 1 unspecified atom stereocenters. The summed E-state index contributed by atoms with van der Waals surface area (Å²) in [4.78, 5) is 12.0. The molecule has 0 aliphatic heterocycles. The lowest BCUT2D eigenvalue weighted by Crippen LogP contribution is -2.23. The minimum absolute atomic E-state index is 0.332. The van der Waals surface area contributed by atoms with Crippen molar-refractivity contribution in [1.82, 2.24) is 0 Å². The van der Waals surface area contributed by atoms with Crippen LogP contribution >= 0.6 is 0 Å². The van der Waals surface area contributed by atoms with E-state index in [1.165, 1.54) is 6.92 Å². The Bertz CT molecular complexity index is 529. The zero-order valence-electron chi connectivity index (χ0n) is 11.7. The molecule has 0 N–H and O–H groups in total. The molecule has 0 heterocycles. The predicted octanol–water partition coefficient (Wildman–Crippen LogP) is 2.43. The molecule has 0 saturated heterocycles. The van der Waals surface area contributed by atoms with E-state index in [2.05, 4.69) is 18.0 Å². The van der Waals surface area contributed by atoms with Crippen LogP contribution in [-0.2, 0) is 20.7 Å². The Labute approximate surface area is 114 Å². The van der Waals surface area contributed by atoms with Crippen molar-refractivity contribution in [3.05, 3.63) is 35.4 Å². The van der Waals surface area contributed by atoms with Crippen molar-refractivity contribution >= 4 is 15.9 Å². The molecule has 0 amide bonds. The standard InChI is InChI=1S/C14H20O4S/c1-10(2)9-12-5-7-13(8-6-12)14(15)11(3)18-19(4,16)17/h5-8,10-11H,9H2,1-4H3. The maximum Gasteiger partial charge on any atom is 0.265 e. The average Bonchev–Trinajstić information content (AvgIpc) is 2.26. The van der Waals surface area contributed by atoms with Crippen molar-refractivity contribution in [3.63, 3.8) is 0 Å². The summed E-state index contributed by atoms with van der Waals surface area (Å²) in [7, 11) is -3.62. The highest BCUT2D eigenvalue weighted by Gasteiger charge is 2.20. The number of hydrogen-bond acceptors (Lipinski definition) is 4. The minimum Gasteiger partial charge on any atom is -0.291 e. The van der Waals surface area contributed by atoms with E-state index in [0.29, 0.717) is 11.5 Å². The van der Waals surface area contributed by atoms with E-state index in [4.69, 9.17) is 0 Å². The van der Waals surface area contributed by atoms with Gasteiger partial charge in [0.25, 0.3) is 10.1 Å². The fourth-order valence-corrected chi connectivity index (χ4v) is 2.43. The maximum absolute atomic E-state index is 12.0. The Morgan fingerprint density at radius 2 is 1.68 bits per heavy atom. The van der Waals surface area contributed by atoms with Crippen LogP contribution in [0.2, 0.25) is 0 Å². The lowest BCUT2D eigenvalue weighted by molar-refractivity contribution is 0.0827. The number of ketones is 1. The SMILES string of the molecule is CC(C)Cc1ccc(C(=O)C(C)OS(C)(=O)=O)cc1. The second-order valence-corrected chi connectivity index (χ2v) is 6.70. The Morgan fingerprint density at radius 1 is 1.16 bits per heavy atom. The quantitative estimate of drug-likeness (QED) is 0.594. The third-order valence-corrected chi connectivity index (χ3v) is 3.21. The van der Waals surface area contributed by atoms with Gasteiger partial charge in [-0.1, -0.05) is 38.1 Å². The van der Waals surface area contributed by atoms with Crippen LogP contribution in [-0.4, -0.2) is 26.6 Å². The summed E-state index contributed by atoms with van der Waals surface area (Å²) in [5, 5.41) is 0. The summed E-state index contributed by atoms with van der Waals surface area (Å²) in [6.07, 6.45) is 0.887. The lowest BCUT2D eigenvalue weighted by Gasteiger charge is -2.11. The van der Waals surface area contributed by atoms with Gasteiger partial charge in [0.1, 0.15) is 6.10 Å². The first kappa shape index (κ1) is 15.9. The first-order valence-corrected chi connectivity index (χ1v) is 8.02. The summed E-state index contributed by atoms with van der Waals surface area (Å²) >= 11 is 0. The third-order valence-electron chi connectivity index (χ3n) is 2.57. The van der Waals surface area contributed by atoms with Crippen LogP contribution in [0.25, 0.3) is 0 Å². The number of benzene rings is 1. The van der Waals surface area contributed by atoms with E-state index in [1.54, 1.807) is 12.1 Å². The molecule has 1 aromatic rings. The fourth-order valence-electron chi connectivity index (χ4n) is 1.82. The second kappa shape index (κ2) is 6.30. The Kier molecular flexibility index (Phi) is 5.26. The average molecular weight is 284 g/mol. The molecule has 1 atom stereocenters. The summed E-state index contributed by atoms with van der Waals surface area (Å²) in [5.41, 5.74) is 1.62. The second-order valence-electron chi connectivity index (χ2n) is 5.10. The van der Waals surface area contributed by atoms with E-state index in [9.17, 15) is 13.2 Å². The molecule has 0 fully saturated rings. The third kappa shape index (κ3) is 5.53. The molecule has 0 radical (unpaired) electrons. The van der Waals surface area contributed by atoms with Gasteiger partial charge >= 0.3 is 0 Å². The minimum atomic E-state index is -3.62. The number of Topliss-reactive ketones (excluding diaryl/α,β-unsaturated/α-hetero) is 1. The van der Waals surface area contributed by atoms with E-state index in [0.717, 1.165) is 18.2 Å². The van der Waals surface area contributed by atoms with Crippen molar-refractivity contribution in [1.29, 1.82) is 0 Å². The highest BCUT2D eigenvalue weighted by Crippen LogP contribution is 2.13. The molecule has 0 aliphatic carbocycles. The largest absolute Gasteiger partial charge is 0.291 e. The first-order chi connectivity index (χ1) is 8.69. The number of hydrogen-bond donors (Lipinski definition) is 0. The summed E-state index contributed by atoms with van der Waals surface area (Å²) < 4.78 is 26.6. The molecule has 0 spiro atoms. The highest BCUT2D eigenvalue weighted by atomic mass is 32.2. The van der Waals surface area contributed by atoms with Gasteiger partial charge in [0, 0.05) is 5.56 Å². The van der Waals surface area contributed by atoms with Crippen LogP contribution in [0.5, 0.6) is 0 Å². The molecule has 4 nitrogen and oxygen atoms in total. The van der Waals surface area contributed by atoms with E-state index < -0.39 is 16.2 Å². The molecule has 0 saturated carbocycles. The van der Waals surface area contributed by atoms with E-state index in [1.807, 2.05) is 12.1 Å². The van der Waals surface area contributed by atoms with Gasteiger partial charge in [-0.15, -0.1) is 0 Å². The van der Waals surface area contributed by atoms with Crippen LogP contribution < -0.4 is 0 Å². The van der Waals surface area contributed by atoms with Crippen molar-refractivity contribution in [2.24, 2.45) is 5.92 Å². The monoisotopic (exact) mass is 284 g/mol. The summed E-state index contributed by atoms with van der Waals surface area (Å²) in [5.74, 6) is 0.218. The van der Waals surface area contributed by atoms with Crippen LogP contribution in [0, 0.1) is 5.92 Å². The molecule has 0 aromatic heterocycles. The molecular formula is C14H20O4S. The maximum atomic E-state index is 12.0. The number of carbonyl (C=O) groups is 1. The molecule has 0 bridgehead atoms. The van der Waals surface area contributed by atoms with Crippen molar-refractivity contribution in [2.75, 3.05) is 6.26 Å². The highest BCUT2D eigenvalue weighted by molar-refractivity contribution is 7.86.